The number of benzene rings is 2. The largest absolute Gasteiger partial charge is 0.490 e. The second kappa shape index (κ2) is 14.9. The van der Waals surface area contributed by atoms with Crippen molar-refractivity contribution in [3.05, 3.63) is 54.1 Å². The van der Waals surface area contributed by atoms with E-state index in [0.717, 1.165) is 30.6 Å². The minimum atomic E-state index is -0.420. The number of nitrogens with one attached hydrogen (secondary N) is 1. The minimum Gasteiger partial charge on any atom is -0.490 e. The van der Waals surface area contributed by atoms with Crippen LogP contribution in [-0.4, -0.2) is 92.5 Å². The first kappa shape index (κ1) is 31.2. The molecule has 0 unspecified atom stereocenters. The number of hydrogen-bond acceptors (Lipinski definition) is 6. The minimum absolute atomic E-state index is 0.0778. The number of para-hydroxylation sites is 1. The lowest BCUT2D eigenvalue weighted by Gasteiger charge is -2.36. The van der Waals surface area contributed by atoms with Crippen LogP contribution in [-0.2, 0) is 4.74 Å². The number of ether oxygens (including phenoxy) is 2. The fraction of sp³-hybridized carbons (Fsp3) is 0.548. The van der Waals surface area contributed by atoms with Crippen LogP contribution in [0.3, 0.4) is 0 Å². The molecule has 0 saturated carbocycles. The van der Waals surface area contributed by atoms with E-state index in [9.17, 15) is 14.7 Å². The smallest absolute Gasteiger partial charge is 0.321 e. The Labute approximate surface area is 239 Å². The van der Waals surface area contributed by atoms with E-state index in [-0.39, 0.29) is 36.7 Å². The number of anilines is 2. The molecule has 2 aromatic carbocycles. The number of rotatable bonds is 6. The van der Waals surface area contributed by atoms with Crippen LogP contribution in [0.15, 0.2) is 48.5 Å². The summed E-state index contributed by atoms with van der Waals surface area (Å²) in [5.74, 6) is 0.228. The van der Waals surface area contributed by atoms with Gasteiger partial charge in [-0.3, -0.25) is 4.79 Å². The van der Waals surface area contributed by atoms with Gasteiger partial charge < -0.3 is 34.6 Å². The maximum Gasteiger partial charge on any atom is 0.321 e. The predicted molar refractivity (Wildman–Crippen MR) is 159 cm³/mol. The lowest BCUT2D eigenvalue weighted by molar-refractivity contribution is -0.0115. The summed E-state index contributed by atoms with van der Waals surface area (Å²) >= 11 is 0. The quantitative estimate of drug-likeness (QED) is 0.537. The number of carbonyl (C=O) groups excluding carboxylic acids is 2. The summed E-state index contributed by atoms with van der Waals surface area (Å²) in [6.45, 7) is 6.95. The van der Waals surface area contributed by atoms with Crippen LogP contribution in [0.1, 0.15) is 50.4 Å². The van der Waals surface area contributed by atoms with E-state index in [1.807, 2.05) is 88.3 Å². The zero-order valence-corrected chi connectivity index (χ0v) is 24.8. The fourth-order valence-corrected chi connectivity index (χ4v) is 4.74. The Balaban J connectivity index is 1.88. The molecule has 1 aliphatic heterocycles. The van der Waals surface area contributed by atoms with Gasteiger partial charge in [-0.15, -0.1) is 0 Å². The van der Waals surface area contributed by atoms with Gasteiger partial charge in [-0.25, -0.2) is 4.79 Å². The van der Waals surface area contributed by atoms with Crippen molar-refractivity contribution in [2.75, 3.05) is 57.7 Å². The molecule has 0 aliphatic carbocycles. The average Bonchev–Trinajstić information content (AvgIpc) is 2.94. The molecular weight excluding hydrogens is 508 g/mol. The van der Waals surface area contributed by atoms with Crippen LogP contribution in [0.4, 0.5) is 16.2 Å². The molecule has 220 valence electrons. The first-order valence-electron chi connectivity index (χ1n) is 14.2. The number of hydrogen-bond donors (Lipinski definition) is 2. The molecule has 0 bridgehead atoms. The van der Waals surface area contributed by atoms with E-state index >= 15 is 0 Å². The van der Waals surface area contributed by atoms with Crippen molar-refractivity contribution in [1.82, 2.24) is 9.80 Å². The Morgan fingerprint density at radius 2 is 1.85 bits per heavy atom. The molecular formula is C31H46N4O5. The number of amides is 3. The Kier molecular flexibility index (Phi) is 11.6. The van der Waals surface area contributed by atoms with Gasteiger partial charge in [0.25, 0.3) is 5.91 Å². The standard InChI is InChI=1S/C31H46N4O5/c1-22-19-35(23(2)21-36)30(37)27-18-26(33(4)5)15-16-28(27)40-24(3)12-10-11-17-39-29(22)20-34(6)31(38)32-25-13-8-7-9-14-25/h7-9,13-16,18,22-24,29,36H,10-12,17,19-21H2,1-6H3,(H,32,38)/t22-,23+,24-,29+/m1/s1. The van der Waals surface area contributed by atoms with Crippen LogP contribution in [0.25, 0.3) is 0 Å². The third kappa shape index (κ3) is 8.60. The lowest BCUT2D eigenvalue weighted by Crippen LogP contribution is -2.48. The zero-order chi connectivity index (χ0) is 29.2. The average molecular weight is 555 g/mol. The second-order valence-electron chi connectivity index (χ2n) is 11.1. The second-order valence-corrected chi connectivity index (χ2v) is 11.1. The lowest BCUT2D eigenvalue weighted by atomic mass is 10.0. The van der Waals surface area contributed by atoms with Crippen LogP contribution in [0, 0.1) is 5.92 Å². The van der Waals surface area contributed by atoms with Crippen molar-refractivity contribution in [3.8, 4) is 5.75 Å². The number of likely N-dealkylation sites (N-methyl/N-ethyl adjacent to an activating group) is 1. The summed E-state index contributed by atoms with van der Waals surface area (Å²) in [7, 11) is 5.61. The van der Waals surface area contributed by atoms with Crippen molar-refractivity contribution < 1.29 is 24.2 Å². The molecule has 1 heterocycles. The topological polar surface area (TPSA) is 94.6 Å². The van der Waals surface area contributed by atoms with E-state index in [4.69, 9.17) is 9.47 Å². The van der Waals surface area contributed by atoms with Crippen LogP contribution >= 0.6 is 0 Å². The molecule has 3 rings (SSSR count). The van der Waals surface area contributed by atoms with Gasteiger partial charge >= 0.3 is 6.03 Å². The molecule has 0 saturated heterocycles. The molecule has 0 aromatic heterocycles. The Hall–Kier alpha value is -3.30. The van der Waals surface area contributed by atoms with Gasteiger partial charge in [0.15, 0.2) is 0 Å². The van der Waals surface area contributed by atoms with Crippen molar-refractivity contribution in [2.24, 2.45) is 5.92 Å². The van der Waals surface area contributed by atoms with E-state index in [0.29, 0.717) is 31.0 Å². The molecule has 0 fully saturated rings. The number of fused-ring (bicyclic) bond motifs is 1. The van der Waals surface area contributed by atoms with Crippen molar-refractivity contribution in [1.29, 1.82) is 0 Å². The SMILES string of the molecule is C[C@@H]1CCCCO[C@@H](CN(C)C(=O)Nc2ccccc2)[C@H](C)CN([C@@H](C)CO)C(=O)c2cc(N(C)C)ccc2O1. The molecule has 4 atom stereocenters. The highest BCUT2D eigenvalue weighted by Crippen LogP contribution is 2.29. The molecule has 9 heteroatoms. The summed E-state index contributed by atoms with van der Waals surface area (Å²) in [6, 6.07) is 14.4. The number of nitrogens with zero attached hydrogens (tertiary/aromatic N) is 3. The summed E-state index contributed by atoms with van der Waals surface area (Å²) in [6.07, 6.45) is 2.21. The monoisotopic (exact) mass is 554 g/mol. The summed E-state index contributed by atoms with van der Waals surface area (Å²) in [4.78, 5) is 32.3. The highest BCUT2D eigenvalue weighted by atomic mass is 16.5. The Morgan fingerprint density at radius 1 is 1.12 bits per heavy atom. The third-order valence-electron chi connectivity index (χ3n) is 7.38. The molecule has 0 spiro atoms. The van der Waals surface area contributed by atoms with Crippen molar-refractivity contribution >= 4 is 23.3 Å². The Bertz CT molecular complexity index is 1100. The number of carbonyl (C=O) groups is 2. The molecule has 2 N–H and O–H groups in total. The van der Waals surface area contributed by atoms with E-state index in [1.54, 1.807) is 16.8 Å². The number of urea groups is 1. The normalized spacial score (nSPS) is 21.4. The van der Waals surface area contributed by atoms with Crippen LogP contribution in [0.5, 0.6) is 5.75 Å². The predicted octanol–water partition coefficient (Wildman–Crippen LogP) is 4.71. The van der Waals surface area contributed by atoms with Crippen LogP contribution in [0.2, 0.25) is 0 Å². The zero-order valence-electron chi connectivity index (χ0n) is 24.8. The van der Waals surface area contributed by atoms with E-state index in [2.05, 4.69) is 5.32 Å². The third-order valence-corrected chi connectivity index (χ3v) is 7.38. The molecule has 40 heavy (non-hydrogen) atoms. The summed E-state index contributed by atoms with van der Waals surface area (Å²) in [5, 5.41) is 13.0. The van der Waals surface area contributed by atoms with Gasteiger partial charge in [0, 0.05) is 58.1 Å². The maximum atomic E-state index is 14.1. The van der Waals surface area contributed by atoms with Crippen molar-refractivity contribution in [2.45, 2.75) is 58.3 Å². The highest BCUT2D eigenvalue weighted by molar-refractivity contribution is 5.98. The van der Waals surface area contributed by atoms with Gasteiger partial charge in [-0.1, -0.05) is 25.1 Å². The van der Waals surface area contributed by atoms with Gasteiger partial charge in [0.2, 0.25) is 0 Å². The summed E-state index contributed by atoms with van der Waals surface area (Å²) in [5.41, 5.74) is 2.08. The first-order valence-corrected chi connectivity index (χ1v) is 14.2. The Morgan fingerprint density at radius 3 is 2.52 bits per heavy atom. The van der Waals surface area contributed by atoms with Gasteiger partial charge in [-0.05, 0) is 63.4 Å². The molecule has 2 aromatic rings. The number of aliphatic hydroxyl groups is 1. The molecule has 1 aliphatic rings. The van der Waals surface area contributed by atoms with Gasteiger partial charge in [-0.2, -0.15) is 0 Å². The van der Waals surface area contributed by atoms with Crippen molar-refractivity contribution in [3.63, 3.8) is 0 Å². The van der Waals surface area contributed by atoms with Gasteiger partial charge in [0.05, 0.1) is 30.4 Å². The molecule has 9 nitrogen and oxygen atoms in total. The van der Waals surface area contributed by atoms with E-state index in [1.165, 1.54) is 0 Å². The van der Waals surface area contributed by atoms with Crippen LogP contribution < -0.4 is 15.0 Å². The fourth-order valence-electron chi connectivity index (χ4n) is 4.74. The summed E-state index contributed by atoms with van der Waals surface area (Å²) < 4.78 is 12.6. The molecule has 0 radical (unpaired) electrons. The highest BCUT2D eigenvalue weighted by Gasteiger charge is 2.31. The van der Waals surface area contributed by atoms with E-state index < -0.39 is 6.04 Å². The van der Waals surface area contributed by atoms with Gasteiger partial charge in [0.1, 0.15) is 5.75 Å². The molecule has 3 amide bonds. The number of aliphatic hydroxyl groups excluding tert-OH is 1. The first-order chi connectivity index (χ1) is 19.1. The maximum absolute atomic E-state index is 14.1.